The summed E-state index contributed by atoms with van der Waals surface area (Å²) < 4.78 is 33.7. The van der Waals surface area contributed by atoms with E-state index in [0.717, 1.165) is 64.2 Å². The van der Waals surface area contributed by atoms with Crippen LogP contribution in [0.3, 0.4) is 0 Å². The van der Waals surface area contributed by atoms with Gasteiger partial charge < -0.3 is 9.66 Å². The molecule has 1 N–H and O–H groups in total. The molecule has 152 valence electrons. The fraction of sp³-hybridized carbons (Fsp3) is 1.00. The van der Waals surface area contributed by atoms with Crippen LogP contribution in [0.4, 0.5) is 0 Å². The zero-order valence-corrected chi connectivity index (χ0v) is 21.5. The van der Waals surface area contributed by atoms with Crippen molar-refractivity contribution in [1.82, 2.24) is 0 Å². The molecule has 6 heteroatoms. The molecule has 0 heterocycles. The van der Waals surface area contributed by atoms with Crippen LogP contribution < -0.4 is 51.4 Å². The van der Waals surface area contributed by atoms with Crippen LogP contribution in [0.1, 0.15) is 117 Å². The first-order valence-corrected chi connectivity index (χ1v) is 12.0. The molecule has 0 bridgehead atoms. The monoisotopic (exact) mass is 416 g/mol. The van der Waals surface area contributed by atoms with Gasteiger partial charge in [-0.15, -0.1) is 0 Å². The van der Waals surface area contributed by atoms with Gasteiger partial charge in [0.1, 0.15) is 0 Å². The Bertz CT molecular complexity index is 387. The molecule has 0 spiro atoms. The molecule has 0 aliphatic carbocycles. The summed E-state index contributed by atoms with van der Waals surface area (Å²) in [4.78, 5) is 0. The van der Waals surface area contributed by atoms with Gasteiger partial charge in [0.2, 0.25) is 0 Å². The van der Waals surface area contributed by atoms with Crippen LogP contribution in [0.15, 0.2) is 0 Å². The minimum atomic E-state index is -4.13. The molecular formula is C20H41KO4S. The quantitative estimate of drug-likeness (QED) is 0.212. The average molecular weight is 417 g/mol. The molecule has 0 amide bonds. The van der Waals surface area contributed by atoms with E-state index in [9.17, 15) is 18.1 Å². The zero-order valence-electron chi connectivity index (χ0n) is 17.5. The Morgan fingerprint density at radius 3 is 1.50 bits per heavy atom. The molecule has 0 aliphatic heterocycles. The first-order valence-electron chi connectivity index (χ1n) is 10.5. The normalized spacial score (nSPS) is 14.0. The minimum Gasteiger partial charge on any atom is -0.748 e. The summed E-state index contributed by atoms with van der Waals surface area (Å²) in [6.45, 7) is 4.16. The van der Waals surface area contributed by atoms with Gasteiger partial charge in [-0.05, 0) is 25.7 Å². The second-order valence-electron chi connectivity index (χ2n) is 7.46. The fourth-order valence-corrected chi connectivity index (χ4v) is 4.17. The van der Waals surface area contributed by atoms with Crippen molar-refractivity contribution in [2.75, 3.05) is 0 Å². The Morgan fingerprint density at radius 2 is 1.04 bits per heavy atom. The van der Waals surface area contributed by atoms with Crippen molar-refractivity contribution in [3.8, 4) is 0 Å². The minimum absolute atomic E-state index is 0. The average Bonchev–Trinajstić information content (AvgIpc) is 2.56. The first kappa shape index (κ1) is 29.7. The number of hydrogen-bond donors (Lipinski definition) is 1. The van der Waals surface area contributed by atoms with Crippen LogP contribution in [0.2, 0.25) is 0 Å². The Balaban J connectivity index is 0. The number of aliphatic hydroxyl groups is 1. The van der Waals surface area contributed by atoms with E-state index in [0.29, 0.717) is 12.8 Å². The molecule has 0 radical (unpaired) electrons. The number of unbranched alkanes of at least 4 members (excludes halogenated alkanes) is 9. The maximum atomic E-state index is 11.2. The van der Waals surface area contributed by atoms with E-state index < -0.39 is 15.4 Å². The standard InChI is InChI=1S/C20H42O4S.K/c1-3-5-15-19(21)16-13-11-9-7-8-10-12-14-18-20(17-6-4-2)25(22,23)24;/h19-21H,3-18H2,1-2H3,(H,22,23,24);/q;+1/p-1. The molecule has 0 aromatic rings. The van der Waals surface area contributed by atoms with Crippen molar-refractivity contribution in [1.29, 1.82) is 0 Å². The van der Waals surface area contributed by atoms with Crippen molar-refractivity contribution in [2.24, 2.45) is 0 Å². The van der Waals surface area contributed by atoms with Gasteiger partial charge in [-0.2, -0.15) is 0 Å². The third-order valence-electron chi connectivity index (χ3n) is 4.99. The Kier molecular flexibility index (Phi) is 22.6. The number of rotatable bonds is 18. The summed E-state index contributed by atoms with van der Waals surface area (Å²) in [7, 11) is -4.13. The predicted octanol–water partition coefficient (Wildman–Crippen LogP) is 2.55. The summed E-state index contributed by atoms with van der Waals surface area (Å²) in [6.07, 6.45) is 15.7. The van der Waals surface area contributed by atoms with Gasteiger partial charge in [-0.3, -0.25) is 0 Å². The molecule has 0 aromatic heterocycles. The molecule has 2 unspecified atom stereocenters. The molecule has 0 rings (SSSR count). The summed E-state index contributed by atoms with van der Waals surface area (Å²) in [5.41, 5.74) is 0. The third kappa shape index (κ3) is 18.9. The zero-order chi connectivity index (χ0) is 19.0. The van der Waals surface area contributed by atoms with Gasteiger partial charge in [0.25, 0.3) is 0 Å². The van der Waals surface area contributed by atoms with Crippen LogP contribution in [-0.4, -0.2) is 29.4 Å². The second kappa shape index (κ2) is 19.8. The van der Waals surface area contributed by atoms with Crippen molar-refractivity contribution in [3.05, 3.63) is 0 Å². The summed E-state index contributed by atoms with van der Waals surface area (Å²) in [5, 5.41) is 9.10. The van der Waals surface area contributed by atoms with Crippen LogP contribution >= 0.6 is 0 Å². The Labute approximate surface area is 205 Å². The van der Waals surface area contributed by atoms with E-state index in [1.165, 1.54) is 25.7 Å². The maximum absolute atomic E-state index is 11.2. The van der Waals surface area contributed by atoms with E-state index in [4.69, 9.17) is 0 Å². The van der Waals surface area contributed by atoms with E-state index in [-0.39, 0.29) is 57.5 Å². The van der Waals surface area contributed by atoms with E-state index in [1.54, 1.807) is 0 Å². The fourth-order valence-electron chi connectivity index (χ4n) is 3.26. The predicted molar refractivity (Wildman–Crippen MR) is 105 cm³/mol. The van der Waals surface area contributed by atoms with Gasteiger partial charge in [-0.1, -0.05) is 90.9 Å². The van der Waals surface area contributed by atoms with Gasteiger partial charge in [0.15, 0.2) is 0 Å². The SMILES string of the molecule is CCCCC(O)CCCCCCCCCCC(CCCC)S(=O)(=O)[O-].[K+]. The summed E-state index contributed by atoms with van der Waals surface area (Å²) in [5.74, 6) is 0. The molecular weight excluding hydrogens is 375 g/mol. The molecule has 0 aromatic carbocycles. The molecule has 0 aliphatic rings. The Morgan fingerprint density at radius 1 is 0.692 bits per heavy atom. The summed E-state index contributed by atoms with van der Waals surface area (Å²) >= 11 is 0. The van der Waals surface area contributed by atoms with Gasteiger partial charge in [-0.25, -0.2) is 8.42 Å². The molecule has 0 saturated heterocycles. The summed E-state index contributed by atoms with van der Waals surface area (Å²) in [6, 6.07) is 0. The van der Waals surface area contributed by atoms with E-state index in [1.807, 2.05) is 6.92 Å². The molecule has 4 nitrogen and oxygen atoms in total. The van der Waals surface area contributed by atoms with Crippen LogP contribution in [0.25, 0.3) is 0 Å². The second-order valence-corrected chi connectivity index (χ2v) is 9.11. The largest absolute Gasteiger partial charge is 1.00 e. The van der Waals surface area contributed by atoms with Crippen LogP contribution in [0.5, 0.6) is 0 Å². The van der Waals surface area contributed by atoms with E-state index in [2.05, 4.69) is 6.92 Å². The first-order chi connectivity index (χ1) is 11.9. The van der Waals surface area contributed by atoms with Crippen LogP contribution in [-0.2, 0) is 10.1 Å². The van der Waals surface area contributed by atoms with Crippen LogP contribution in [0, 0.1) is 0 Å². The van der Waals surface area contributed by atoms with Gasteiger partial charge in [0.05, 0.1) is 16.2 Å². The van der Waals surface area contributed by atoms with Crippen molar-refractivity contribution in [3.63, 3.8) is 0 Å². The van der Waals surface area contributed by atoms with Crippen molar-refractivity contribution >= 4 is 10.1 Å². The smallest absolute Gasteiger partial charge is 0.748 e. The van der Waals surface area contributed by atoms with E-state index >= 15 is 0 Å². The van der Waals surface area contributed by atoms with Crippen molar-refractivity contribution in [2.45, 2.75) is 128 Å². The Hall–Kier alpha value is 1.51. The number of hydrogen-bond acceptors (Lipinski definition) is 4. The number of aliphatic hydroxyl groups excluding tert-OH is 1. The van der Waals surface area contributed by atoms with Crippen molar-refractivity contribution < 1.29 is 69.5 Å². The third-order valence-corrected chi connectivity index (χ3v) is 6.28. The molecule has 26 heavy (non-hydrogen) atoms. The molecule has 0 saturated carbocycles. The van der Waals surface area contributed by atoms with Gasteiger partial charge >= 0.3 is 51.4 Å². The molecule has 0 fully saturated rings. The van der Waals surface area contributed by atoms with Gasteiger partial charge in [0, 0.05) is 5.25 Å². The topological polar surface area (TPSA) is 77.4 Å². The maximum Gasteiger partial charge on any atom is 1.00 e. The molecule has 2 atom stereocenters.